The molecular formula is C18H22FN3O. The van der Waals surface area contributed by atoms with Crippen molar-refractivity contribution in [2.24, 2.45) is 5.92 Å². The van der Waals surface area contributed by atoms with Gasteiger partial charge < -0.3 is 14.5 Å². The van der Waals surface area contributed by atoms with Gasteiger partial charge in [0, 0.05) is 37.0 Å². The topological polar surface area (TPSA) is 28.6 Å². The van der Waals surface area contributed by atoms with E-state index in [1.165, 1.54) is 12.1 Å². The maximum Gasteiger partial charge on any atom is 0.129 e. The Morgan fingerprint density at radius 2 is 2.04 bits per heavy atom. The first-order valence-corrected chi connectivity index (χ1v) is 8.20. The van der Waals surface area contributed by atoms with Crippen LogP contribution >= 0.6 is 0 Å². The van der Waals surface area contributed by atoms with Crippen LogP contribution in [0.5, 0.6) is 0 Å². The van der Waals surface area contributed by atoms with Crippen molar-refractivity contribution in [1.82, 2.24) is 9.88 Å². The van der Waals surface area contributed by atoms with Crippen molar-refractivity contribution < 1.29 is 9.13 Å². The van der Waals surface area contributed by atoms with Crippen molar-refractivity contribution in [2.75, 3.05) is 44.8 Å². The predicted molar refractivity (Wildman–Crippen MR) is 89.4 cm³/mol. The summed E-state index contributed by atoms with van der Waals surface area (Å²) in [5, 5.41) is 1.02. The van der Waals surface area contributed by atoms with E-state index in [9.17, 15) is 4.39 Å². The number of likely N-dealkylation sites (N-methyl/N-ethyl adjacent to an activating group) is 1. The third-order valence-electron chi connectivity index (χ3n) is 4.91. The Hall–Kier alpha value is -1.72. The lowest BCUT2D eigenvalue weighted by Crippen LogP contribution is -2.43. The lowest BCUT2D eigenvalue weighted by molar-refractivity contribution is 0.0725. The van der Waals surface area contributed by atoms with E-state index in [2.05, 4.69) is 29.8 Å². The molecule has 2 aliphatic rings. The molecule has 2 saturated heterocycles. The zero-order chi connectivity index (χ0) is 16.0. The molecule has 4 rings (SSSR count). The van der Waals surface area contributed by atoms with Gasteiger partial charge in [0.1, 0.15) is 11.6 Å². The number of ether oxygens (including phenoxy) is 1. The number of aromatic nitrogens is 1. The van der Waals surface area contributed by atoms with E-state index in [0.29, 0.717) is 12.0 Å². The lowest BCUT2D eigenvalue weighted by atomic mass is 10.1. The van der Waals surface area contributed by atoms with Crippen molar-refractivity contribution >= 4 is 16.7 Å². The van der Waals surface area contributed by atoms with Crippen LogP contribution in [0.1, 0.15) is 5.56 Å². The molecule has 4 nitrogen and oxygen atoms in total. The molecular weight excluding hydrogens is 293 g/mol. The fourth-order valence-electron chi connectivity index (χ4n) is 3.86. The van der Waals surface area contributed by atoms with Gasteiger partial charge in [-0.25, -0.2) is 9.37 Å². The number of nitrogens with zero attached hydrogens (tertiary/aromatic N) is 3. The highest BCUT2D eigenvalue weighted by molar-refractivity contribution is 5.84. The molecule has 2 aromatic rings. The first kappa shape index (κ1) is 14.8. The Balaban J connectivity index is 1.78. The van der Waals surface area contributed by atoms with E-state index in [1.54, 1.807) is 0 Å². The fourth-order valence-corrected chi connectivity index (χ4v) is 3.86. The third-order valence-corrected chi connectivity index (χ3v) is 4.91. The molecule has 0 aliphatic carbocycles. The summed E-state index contributed by atoms with van der Waals surface area (Å²) < 4.78 is 19.4. The second-order valence-electron chi connectivity index (χ2n) is 6.89. The monoisotopic (exact) mass is 315 g/mol. The first-order chi connectivity index (χ1) is 11.1. The Labute approximate surface area is 135 Å². The molecule has 2 atom stereocenters. The number of hydrogen-bond donors (Lipinski definition) is 0. The molecule has 0 saturated carbocycles. The summed E-state index contributed by atoms with van der Waals surface area (Å²) in [4.78, 5) is 9.50. The summed E-state index contributed by atoms with van der Waals surface area (Å²) in [6, 6.07) is 7.26. The largest absolute Gasteiger partial charge is 0.379 e. The van der Waals surface area contributed by atoms with Crippen LogP contribution in [0.15, 0.2) is 24.3 Å². The summed E-state index contributed by atoms with van der Waals surface area (Å²) in [6.07, 6.45) is 0. The van der Waals surface area contributed by atoms with Crippen molar-refractivity contribution in [1.29, 1.82) is 0 Å². The number of halogens is 1. The zero-order valence-corrected chi connectivity index (χ0v) is 13.6. The predicted octanol–water partition coefficient (Wildman–Crippen LogP) is 2.45. The van der Waals surface area contributed by atoms with Gasteiger partial charge in [-0.3, -0.25) is 0 Å². The van der Waals surface area contributed by atoms with Gasteiger partial charge in [-0.2, -0.15) is 0 Å². The molecule has 0 amide bonds. The number of pyridine rings is 1. The Morgan fingerprint density at radius 1 is 1.17 bits per heavy atom. The number of anilines is 1. The Kier molecular flexibility index (Phi) is 3.70. The van der Waals surface area contributed by atoms with Gasteiger partial charge in [-0.1, -0.05) is 0 Å². The van der Waals surface area contributed by atoms with Gasteiger partial charge in [0.15, 0.2) is 0 Å². The molecule has 3 heterocycles. The second kappa shape index (κ2) is 5.73. The minimum absolute atomic E-state index is 0.237. The molecule has 5 heteroatoms. The summed E-state index contributed by atoms with van der Waals surface area (Å²) in [7, 11) is 2.17. The molecule has 2 aliphatic heterocycles. The van der Waals surface area contributed by atoms with Gasteiger partial charge in [-0.15, -0.1) is 0 Å². The second-order valence-corrected chi connectivity index (χ2v) is 6.89. The highest BCUT2D eigenvalue weighted by Gasteiger charge is 2.33. The van der Waals surface area contributed by atoms with Crippen LogP contribution in [0.2, 0.25) is 0 Å². The SMILES string of the molecule is Cc1cc(N2C[C@H]3COC[C@@H]2CN(C)C3)nc2cc(F)ccc12. The lowest BCUT2D eigenvalue weighted by Gasteiger charge is -2.31. The molecule has 0 unspecified atom stereocenters. The summed E-state index contributed by atoms with van der Waals surface area (Å²) in [5.41, 5.74) is 1.87. The number of hydrogen-bond acceptors (Lipinski definition) is 4. The van der Waals surface area contributed by atoms with Gasteiger partial charge in [-0.05, 0) is 37.7 Å². The van der Waals surface area contributed by atoms with Gasteiger partial charge in [0.2, 0.25) is 0 Å². The standard InChI is InChI=1S/C18H22FN3O/c1-12-5-18(20-17-6-14(19)3-4-16(12)17)22-8-13-7-21(2)9-15(22)11-23-10-13/h3-6,13,15H,7-11H2,1-2H3/t13-,15-/m0/s1. The molecule has 2 fully saturated rings. The van der Waals surface area contributed by atoms with Crippen molar-refractivity contribution in [3.05, 3.63) is 35.6 Å². The minimum atomic E-state index is -0.237. The van der Waals surface area contributed by atoms with Crippen LogP contribution in [0.25, 0.3) is 10.9 Å². The normalized spacial score (nSPS) is 25.6. The van der Waals surface area contributed by atoms with Crippen molar-refractivity contribution in [3.63, 3.8) is 0 Å². The van der Waals surface area contributed by atoms with Crippen LogP contribution in [0.4, 0.5) is 10.2 Å². The van der Waals surface area contributed by atoms with Crippen LogP contribution in [0.3, 0.4) is 0 Å². The third kappa shape index (κ3) is 2.79. The van der Waals surface area contributed by atoms with E-state index >= 15 is 0 Å². The summed E-state index contributed by atoms with van der Waals surface area (Å²) in [5.74, 6) is 1.19. The Bertz CT molecular complexity index is 736. The minimum Gasteiger partial charge on any atom is -0.379 e. The molecule has 0 spiro atoms. The van der Waals surface area contributed by atoms with Crippen molar-refractivity contribution in [3.8, 4) is 0 Å². The average molecular weight is 315 g/mol. The van der Waals surface area contributed by atoms with Gasteiger partial charge in [0.05, 0.1) is 24.8 Å². The van der Waals surface area contributed by atoms with Gasteiger partial charge in [0.25, 0.3) is 0 Å². The molecule has 0 radical (unpaired) electrons. The smallest absolute Gasteiger partial charge is 0.129 e. The summed E-state index contributed by atoms with van der Waals surface area (Å²) >= 11 is 0. The number of benzene rings is 1. The first-order valence-electron chi connectivity index (χ1n) is 8.20. The van der Waals surface area contributed by atoms with E-state index < -0.39 is 0 Å². The molecule has 1 aromatic heterocycles. The van der Waals surface area contributed by atoms with Gasteiger partial charge >= 0.3 is 0 Å². The summed E-state index contributed by atoms with van der Waals surface area (Å²) in [6.45, 7) is 6.56. The maximum atomic E-state index is 13.6. The average Bonchev–Trinajstić information content (AvgIpc) is 2.76. The fraction of sp³-hybridized carbons (Fsp3) is 0.500. The molecule has 122 valence electrons. The molecule has 2 bridgehead atoms. The number of aryl methyl sites for hydroxylation is 1. The van der Waals surface area contributed by atoms with Crippen LogP contribution < -0.4 is 4.90 Å². The highest BCUT2D eigenvalue weighted by Crippen LogP contribution is 2.28. The van der Waals surface area contributed by atoms with E-state index in [4.69, 9.17) is 9.72 Å². The Morgan fingerprint density at radius 3 is 2.91 bits per heavy atom. The van der Waals surface area contributed by atoms with E-state index in [0.717, 1.165) is 55.1 Å². The van der Waals surface area contributed by atoms with E-state index in [-0.39, 0.29) is 5.82 Å². The quantitative estimate of drug-likeness (QED) is 0.808. The van der Waals surface area contributed by atoms with E-state index in [1.807, 2.05) is 6.07 Å². The zero-order valence-electron chi connectivity index (χ0n) is 13.6. The van der Waals surface area contributed by atoms with Crippen LogP contribution in [-0.4, -0.2) is 55.8 Å². The van der Waals surface area contributed by atoms with Crippen LogP contribution in [0, 0.1) is 18.7 Å². The van der Waals surface area contributed by atoms with Crippen LogP contribution in [-0.2, 0) is 4.74 Å². The molecule has 23 heavy (non-hydrogen) atoms. The number of rotatable bonds is 1. The molecule has 0 N–H and O–H groups in total. The molecule has 1 aromatic carbocycles. The highest BCUT2D eigenvalue weighted by atomic mass is 19.1. The number of fused-ring (bicyclic) bond motifs is 4. The van der Waals surface area contributed by atoms with Crippen molar-refractivity contribution in [2.45, 2.75) is 13.0 Å². The maximum absolute atomic E-state index is 13.6.